The fraction of sp³-hybridized carbons (Fsp3) is 0.643. The lowest BCUT2D eigenvalue weighted by molar-refractivity contribution is 0.0563. The summed E-state index contributed by atoms with van der Waals surface area (Å²) in [6, 6.07) is 3.45. The van der Waals surface area contributed by atoms with Gasteiger partial charge in [0.15, 0.2) is 0 Å². The van der Waals surface area contributed by atoms with Crippen LogP contribution in [-0.4, -0.2) is 30.6 Å². The largest absolute Gasteiger partial charge is 0.463 e. The predicted octanol–water partition coefficient (Wildman–Crippen LogP) is 3.08. The smallest absolute Gasteiger partial charge is 0.373 e. The molecular weight excluding hydrogens is 262 g/mol. The monoisotopic (exact) mass is 285 g/mol. The molecule has 0 spiro atoms. The lowest BCUT2D eigenvalue weighted by Gasteiger charge is -2.29. The van der Waals surface area contributed by atoms with Gasteiger partial charge in [-0.1, -0.05) is 13.8 Å². The van der Waals surface area contributed by atoms with Crippen LogP contribution in [0.1, 0.15) is 43.0 Å². The molecule has 1 rings (SSSR count). The van der Waals surface area contributed by atoms with Crippen LogP contribution in [0, 0.1) is 0 Å². The highest BCUT2D eigenvalue weighted by Gasteiger charge is 2.24. The molecule has 108 valence electrons. The fourth-order valence-electron chi connectivity index (χ4n) is 1.96. The molecule has 0 amide bonds. The van der Waals surface area contributed by atoms with Gasteiger partial charge in [-0.05, 0) is 31.2 Å². The number of carbonyl (C=O) groups excluding carboxylic acids is 1. The number of nitrogens with one attached hydrogen (secondary N) is 1. The molecule has 0 unspecified atom stereocenters. The molecule has 5 heteroatoms. The van der Waals surface area contributed by atoms with Crippen molar-refractivity contribution >= 4 is 17.7 Å². The van der Waals surface area contributed by atoms with Crippen molar-refractivity contribution in [3.05, 3.63) is 23.7 Å². The minimum Gasteiger partial charge on any atom is -0.463 e. The summed E-state index contributed by atoms with van der Waals surface area (Å²) in [5, 5.41) is 3.40. The maximum atomic E-state index is 11.3. The number of esters is 1. The number of hydrogen-bond acceptors (Lipinski definition) is 5. The Morgan fingerprint density at radius 1 is 1.42 bits per heavy atom. The molecule has 0 radical (unpaired) electrons. The molecule has 0 aliphatic heterocycles. The maximum Gasteiger partial charge on any atom is 0.373 e. The SMILES string of the molecule is CCC(CC)(CNCc1ccc(C(=O)OC)o1)SC. The van der Waals surface area contributed by atoms with Gasteiger partial charge in [0.2, 0.25) is 5.76 Å². The second-order valence-electron chi connectivity index (χ2n) is 4.46. The van der Waals surface area contributed by atoms with Gasteiger partial charge in [0.25, 0.3) is 0 Å². The molecule has 0 saturated heterocycles. The second kappa shape index (κ2) is 7.60. The van der Waals surface area contributed by atoms with Gasteiger partial charge in [-0.3, -0.25) is 0 Å². The van der Waals surface area contributed by atoms with Gasteiger partial charge in [-0.15, -0.1) is 0 Å². The van der Waals surface area contributed by atoms with Crippen molar-refractivity contribution in [2.75, 3.05) is 19.9 Å². The van der Waals surface area contributed by atoms with Crippen LogP contribution >= 0.6 is 11.8 Å². The summed E-state index contributed by atoms with van der Waals surface area (Å²) in [4.78, 5) is 11.3. The number of hydrogen-bond donors (Lipinski definition) is 1. The van der Waals surface area contributed by atoms with Gasteiger partial charge in [-0.25, -0.2) is 4.79 Å². The summed E-state index contributed by atoms with van der Waals surface area (Å²) in [7, 11) is 1.35. The molecule has 0 aliphatic carbocycles. The number of ether oxygens (including phenoxy) is 1. The molecule has 0 atom stereocenters. The average Bonchev–Trinajstić information content (AvgIpc) is 2.92. The summed E-state index contributed by atoms with van der Waals surface area (Å²) in [6.07, 6.45) is 4.41. The summed E-state index contributed by atoms with van der Waals surface area (Å²) in [6.45, 7) is 5.97. The van der Waals surface area contributed by atoms with Crippen LogP contribution in [0.2, 0.25) is 0 Å². The van der Waals surface area contributed by atoms with Gasteiger partial charge in [0, 0.05) is 11.3 Å². The minimum atomic E-state index is -0.438. The Labute approximate surface area is 119 Å². The van der Waals surface area contributed by atoms with E-state index in [1.165, 1.54) is 7.11 Å². The Hall–Kier alpha value is -0.940. The van der Waals surface area contributed by atoms with E-state index in [1.807, 2.05) is 11.8 Å². The topological polar surface area (TPSA) is 51.5 Å². The van der Waals surface area contributed by atoms with Crippen LogP contribution in [0.4, 0.5) is 0 Å². The zero-order valence-corrected chi connectivity index (χ0v) is 12.9. The quantitative estimate of drug-likeness (QED) is 0.744. The van der Waals surface area contributed by atoms with E-state index < -0.39 is 5.97 Å². The molecule has 0 fully saturated rings. The normalized spacial score (nSPS) is 11.6. The first-order valence-corrected chi connectivity index (χ1v) is 7.76. The van der Waals surface area contributed by atoms with Crippen LogP contribution in [-0.2, 0) is 11.3 Å². The van der Waals surface area contributed by atoms with E-state index in [-0.39, 0.29) is 10.5 Å². The predicted molar refractivity (Wildman–Crippen MR) is 78.6 cm³/mol. The van der Waals surface area contributed by atoms with Crippen LogP contribution in [0.3, 0.4) is 0 Å². The van der Waals surface area contributed by atoms with Gasteiger partial charge in [-0.2, -0.15) is 11.8 Å². The van der Waals surface area contributed by atoms with E-state index in [2.05, 4.69) is 30.2 Å². The number of methoxy groups -OCH3 is 1. The fourth-order valence-corrected chi connectivity index (χ4v) is 2.78. The van der Waals surface area contributed by atoms with Crippen molar-refractivity contribution in [1.82, 2.24) is 5.32 Å². The number of rotatable bonds is 8. The van der Waals surface area contributed by atoms with Crippen molar-refractivity contribution in [2.24, 2.45) is 0 Å². The molecule has 0 aromatic carbocycles. The Bertz CT molecular complexity index is 391. The number of carbonyl (C=O) groups is 1. The molecule has 1 aromatic heterocycles. The van der Waals surface area contributed by atoms with E-state index in [0.717, 1.165) is 25.1 Å². The van der Waals surface area contributed by atoms with E-state index in [0.29, 0.717) is 6.54 Å². The van der Waals surface area contributed by atoms with Crippen LogP contribution in [0.25, 0.3) is 0 Å². The van der Waals surface area contributed by atoms with Crippen molar-refractivity contribution in [3.63, 3.8) is 0 Å². The Morgan fingerprint density at radius 3 is 2.63 bits per heavy atom. The van der Waals surface area contributed by atoms with E-state index in [4.69, 9.17) is 4.42 Å². The zero-order valence-electron chi connectivity index (χ0n) is 12.1. The minimum absolute atomic E-state index is 0.251. The third-order valence-corrected chi connectivity index (χ3v) is 5.10. The third-order valence-electron chi connectivity index (χ3n) is 3.52. The van der Waals surface area contributed by atoms with Gasteiger partial charge < -0.3 is 14.5 Å². The Morgan fingerprint density at radius 2 is 2.11 bits per heavy atom. The van der Waals surface area contributed by atoms with Crippen molar-refractivity contribution < 1.29 is 13.9 Å². The summed E-state index contributed by atoms with van der Waals surface area (Å²) >= 11 is 1.90. The first-order valence-electron chi connectivity index (χ1n) is 6.53. The lowest BCUT2D eigenvalue weighted by Crippen LogP contribution is -2.36. The number of furan rings is 1. The standard InChI is InChI=1S/C14H23NO3S/c1-5-14(6-2,19-4)10-15-9-11-7-8-12(18-11)13(16)17-3/h7-8,15H,5-6,9-10H2,1-4H3. The molecule has 0 saturated carbocycles. The lowest BCUT2D eigenvalue weighted by atomic mass is 10.0. The molecule has 0 bridgehead atoms. The van der Waals surface area contributed by atoms with Crippen molar-refractivity contribution in [2.45, 2.75) is 38.0 Å². The Kier molecular flexibility index (Phi) is 6.45. The molecule has 4 nitrogen and oxygen atoms in total. The van der Waals surface area contributed by atoms with Crippen LogP contribution in [0.5, 0.6) is 0 Å². The molecular formula is C14H23NO3S. The molecule has 1 heterocycles. The van der Waals surface area contributed by atoms with Gasteiger partial charge >= 0.3 is 5.97 Å². The van der Waals surface area contributed by atoms with Gasteiger partial charge in [0.1, 0.15) is 5.76 Å². The first-order chi connectivity index (χ1) is 9.10. The summed E-state index contributed by atoms with van der Waals surface area (Å²) < 4.78 is 10.3. The van der Waals surface area contributed by atoms with E-state index in [1.54, 1.807) is 12.1 Å². The highest BCUT2D eigenvalue weighted by molar-refractivity contribution is 8.00. The molecule has 19 heavy (non-hydrogen) atoms. The van der Waals surface area contributed by atoms with E-state index in [9.17, 15) is 4.79 Å². The molecule has 0 aliphatic rings. The second-order valence-corrected chi connectivity index (χ2v) is 5.73. The third kappa shape index (κ3) is 4.28. The molecule has 1 N–H and O–H groups in total. The van der Waals surface area contributed by atoms with E-state index >= 15 is 0 Å². The van der Waals surface area contributed by atoms with Crippen molar-refractivity contribution in [3.8, 4) is 0 Å². The van der Waals surface area contributed by atoms with Crippen molar-refractivity contribution in [1.29, 1.82) is 0 Å². The zero-order chi connectivity index (χ0) is 14.3. The van der Waals surface area contributed by atoms with Gasteiger partial charge in [0.05, 0.1) is 13.7 Å². The maximum absolute atomic E-state index is 11.3. The highest BCUT2D eigenvalue weighted by Crippen LogP contribution is 2.29. The first kappa shape index (κ1) is 16.1. The summed E-state index contributed by atoms with van der Waals surface area (Å²) in [5.41, 5.74) is 0. The number of thioether (sulfide) groups is 1. The highest BCUT2D eigenvalue weighted by atomic mass is 32.2. The summed E-state index contributed by atoms with van der Waals surface area (Å²) in [5.74, 6) is 0.566. The average molecular weight is 285 g/mol. The van der Waals surface area contributed by atoms with Crippen LogP contribution < -0.4 is 5.32 Å². The molecule has 1 aromatic rings. The Balaban J connectivity index is 2.49. The van der Waals surface area contributed by atoms with Crippen LogP contribution in [0.15, 0.2) is 16.5 Å².